The van der Waals surface area contributed by atoms with Crippen LogP contribution in [0, 0.1) is 26.7 Å². The summed E-state index contributed by atoms with van der Waals surface area (Å²) in [6, 6.07) is 17.0. The molecule has 1 atom stereocenters. The highest BCUT2D eigenvalue weighted by molar-refractivity contribution is 5.99. The first-order valence-electron chi connectivity index (χ1n) is 14.0. The summed E-state index contributed by atoms with van der Waals surface area (Å²) in [7, 11) is 0. The van der Waals surface area contributed by atoms with Crippen LogP contribution >= 0.6 is 0 Å². The van der Waals surface area contributed by atoms with Crippen molar-refractivity contribution in [3.8, 4) is 11.5 Å². The van der Waals surface area contributed by atoms with E-state index in [2.05, 4.69) is 13.8 Å². The largest absolute Gasteiger partial charge is 0.490 e. The molecule has 6 heteroatoms. The van der Waals surface area contributed by atoms with Gasteiger partial charge in [0.1, 0.15) is 5.58 Å². The molecule has 0 aliphatic carbocycles. The fraction of sp³-hybridized carbons (Fsp3) is 0.353. The first-order valence-corrected chi connectivity index (χ1v) is 14.0. The minimum atomic E-state index is -0.630. The van der Waals surface area contributed by atoms with Crippen LogP contribution in [0.5, 0.6) is 11.5 Å². The molecular weight excluding hydrogens is 502 g/mol. The van der Waals surface area contributed by atoms with Crippen molar-refractivity contribution in [2.75, 3.05) is 13.2 Å². The number of ether oxygens (including phenoxy) is 2. The van der Waals surface area contributed by atoms with Gasteiger partial charge >= 0.3 is 0 Å². The molecule has 1 aliphatic heterocycles. The number of rotatable bonds is 9. The average Bonchev–Trinajstić information content (AvgIpc) is 3.18. The molecule has 6 nitrogen and oxygen atoms in total. The monoisotopic (exact) mass is 539 g/mol. The third kappa shape index (κ3) is 5.23. The molecule has 0 saturated carbocycles. The molecule has 0 spiro atoms. The number of benzene rings is 3. The highest BCUT2D eigenvalue weighted by atomic mass is 16.5. The van der Waals surface area contributed by atoms with E-state index in [1.807, 2.05) is 82.3 Å². The SMILES string of the molecule is CCOc1cc(C2c3c(oc4c(C)cc(C)cc4c3=O)C(=O)N2Cc2ccc(C)cc2)ccc1OCCC(C)C. The molecule has 0 N–H and O–H groups in total. The summed E-state index contributed by atoms with van der Waals surface area (Å²) in [5, 5.41) is 0.491. The van der Waals surface area contributed by atoms with Crippen molar-refractivity contribution in [2.24, 2.45) is 5.92 Å². The predicted molar refractivity (Wildman–Crippen MR) is 157 cm³/mol. The number of carbonyl (C=O) groups excluding carboxylic acids is 1. The Balaban J connectivity index is 1.66. The maximum atomic E-state index is 14.1. The number of amides is 1. The summed E-state index contributed by atoms with van der Waals surface area (Å²) in [6.45, 7) is 13.5. The van der Waals surface area contributed by atoms with Crippen LogP contribution in [-0.4, -0.2) is 24.0 Å². The smallest absolute Gasteiger partial charge is 0.291 e. The molecule has 5 rings (SSSR count). The van der Waals surface area contributed by atoms with Crippen LogP contribution in [0.3, 0.4) is 0 Å². The first-order chi connectivity index (χ1) is 19.2. The second kappa shape index (κ2) is 11.2. The van der Waals surface area contributed by atoms with Crippen LogP contribution in [0.15, 0.2) is 63.8 Å². The Morgan fingerprint density at radius 3 is 2.35 bits per heavy atom. The van der Waals surface area contributed by atoms with Gasteiger partial charge in [0.2, 0.25) is 5.76 Å². The molecule has 0 saturated heterocycles. The van der Waals surface area contributed by atoms with Crippen molar-refractivity contribution in [1.82, 2.24) is 4.90 Å². The molecule has 0 fully saturated rings. The van der Waals surface area contributed by atoms with Crippen molar-refractivity contribution in [3.05, 3.63) is 104 Å². The second-order valence-corrected chi connectivity index (χ2v) is 11.1. The van der Waals surface area contributed by atoms with Crippen molar-refractivity contribution in [1.29, 1.82) is 0 Å². The molecular formula is C34H37NO5. The predicted octanol–water partition coefficient (Wildman–Crippen LogP) is 7.29. The molecule has 40 heavy (non-hydrogen) atoms. The van der Waals surface area contributed by atoms with Crippen LogP contribution in [0.25, 0.3) is 11.0 Å². The van der Waals surface area contributed by atoms with Crippen LogP contribution < -0.4 is 14.9 Å². The van der Waals surface area contributed by atoms with Gasteiger partial charge in [-0.2, -0.15) is 0 Å². The van der Waals surface area contributed by atoms with Gasteiger partial charge in [-0.05, 0) is 80.5 Å². The van der Waals surface area contributed by atoms with Gasteiger partial charge in [0.05, 0.1) is 30.2 Å². The average molecular weight is 540 g/mol. The maximum absolute atomic E-state index is 14.1. The number of nitrogens with zero attached hydrogens (tertiary/aromatic N) is 1. The minimum Gasteiger partial charge on any atom is -0.490 e. The fourth-order valence-corrected chi connectivity index (χ4v) is 5.36. The van der Waals surface area contributed by atoms with Crippen molar-refractivity contribution >= 4 is 16.9 Å². The Kier molecular flexibility index (Phi) is 7.70. The van der Waals surface area contributed by atoms with Gasteiger partial charge in [-0.15, -0.1) is 0 Å². The zero-order chi connectivity index (χ0) is 28.6. The van der Waals surface area contributed by atoms with Gasteiger partial charge in [0.15, 0.2) is 16.9 Å². The van der Waals surface area contributed by atoms with Gasteiger partial charge < -0.3 is 18.8 Å². The van der Waals surface area contributed by atoms with Crippen LogP contribution in [0.4, 0.5) is 0 Å². The van der Waals surface area contributed by atoms with E-state index < -0.39 is 6.04 Å². The summed E-state index contributed by atoms with van der Waals surface area (Å²) in [5.41, 5.74) is 5.33. The Bertz CT molecular complexity index is 1620. The lowest BCUT2D eigenvalue weighted by molar-refractivity contribution is 0.0714. The Hall–Kier alpha value is -4.06. The molecule has 0 bridgehead atoms. The summed E-state index contributed by atoms with van der Waals surface area (Å²) in [6.07, 6.45) is 0.926. The van der Waals surface area contributed by atoms with Crippen LogP contribution in [0.1, 0.15) is 77.2 Å². The quantitative estimate of drug-likeness (QED) is 0.223. The first kappa shape index (κ1) is 27.5. The zero-order valence-electron chi connectivity index (χ0n) is 24.2. The van der Waals surface area contributed by atoms with E-state index in [1.165, 1.54) is 0 Å². The molecule has 1 unspecified atom stereocenters. The van der Waals surface area contributed by atoms with Crippen LogP contribution in [-0.2, 0) is 6.54 Å². The lowest BCUT2D eigenvalue weighted by Crippen LogP contribution is -2.29. The lowest BCUT2D eigenvalue weighted by Gasteiger charge is -2.26. The van der Waals surface area contributed by atoms with Gasteiger partial charge in [0, 0.05) is 6.54 Å². The van der Waals surface area contributed by atoms with E-state index in [-0.39, 0.29) is 17.1 Å². The summed E-state index contributed by atoms with van der Waals surface area (Å²) in [4.78, 5) is 29.8. The number of hydrogen-bond donors (Lipinski definition) is 0. The van der Waals surface area contributed by atoms with E-state index >= 15 is 0 Å². The molecule has 3 aromatic carbocycles. The maximum Gasteiger partial charge on any atom is 0.291 e. The topological polar surface area (TPSA) is 69.0 Å². The zero-order valence-corrected chi connectivity index (χ0v) is 24.2. The van der Waals surface area contributed by atoms with E-state index in [4.69, 9.17) is 13.9 Å². The number of aryl methyl sites for hydroxylation is 3. The number of carbonyl (C=O) groups is 1. The van der Waals surface area contributed by atoms with E-state index in [1.54, 1.807) is 4.90 Å². The second-order valence-electron chi connectivity index (χ2n) is 11.1. The third-order valence-electron chi connectivity index (χ3n) is 7.41. The Labute approximate surface area is 235 Å². The highest BCUT2D eigenvalue weighted by Gasteiger charge is 2.43. The Morgan fingerprint density at radius 2 is 1.65 bits per heavy atom. The van der Waals surface area contributed by atoms with Gasteiger partial charge in [-0.1, -0.05) is 55.8 Å². The summed E-state index contributed by atoms with van der Waals surface area (Å²) >= 11 is 0. The van der Waals surface area contributed by atoms with Crippen molar-refractivity contribution < 1.29 is 18.7 Å². The van der Waals surface area contributed by atoms with Gasteiger partial charge in [0.25, 0.3) is 5.91 Å². The van der Waals surface area contributed by atoms with E-state index in [0.29, 0.717) is 53.7 Å². The molecule has 2 heterocycles. The number of fused-ring (bicyclic) bond motifs is 2. The lowest BCUT2D eigenvalue weighted by atomic mass is 9.96. The fourth-order valence-electron chi connectivity index (χ4n) is 5.36. The standard InChI is InChI=1S/C34H37NO5/c1-7-38-28-18-25(12-13-27(28)39-15-14-20(2)3)30-29-31(36)26-17-22(5)16-23(6)32(26)40-33(29)34(37)35(30)19-24-10-8-21(4)9-11-24/h8-13,16-18,20,30H,7,14-15,19H2,1-6H3. The van der Waals surface area contributed by atoms with E-state index in [9.17, 15) is 9.59 Å². The normalized spacial score (nSPS) is 14.7. The van der Waals surface area contributed by atoms with Gasteiger partial charge in [-0.25, -0.2) is 0 Å². The number of hydrogen-bond acceptors (Lipinski definition) is 5. The summed E-state index contributed by atoms with van der Waals surface area (Å²) in [5.74, 6) is 1.58. The minimum absolute atomic E-state index is 0.108. The van der Waals surface area contributed by atoms with E-state index in [0.717, 1.165) is 34.2 Å². The summed E-state index contributed by atoms with van der Waals surface area (Å²) < 4.78 is 18.3. The van der Waals surface area contributed by atoms with Gasteiger partial charge in [-0.3, -0.25) is 9.59 Å². The third-order valence-corrected chi connectivity index (χ3v) is 7.41. The molecule has 0 radical (unpaired) electrons. The van der Waals surface area contributed by atoms with Crippen molar-refractivity contribution in [3.63, 3.8) is 0 Å². The Morgan fingerprint density at radius 1 is 0.900 bits per heavy atom. The highest BCUT2D eigenvalue weighted by Crippen LogP contribution is 2.42. The van der Waals surface area contributed by atoms with Crippen molar-refractivity contribution in [2.45, 2.75) is 60.5 Å². The molecule has 4 aromatic rings. The molecule has 1 amide bonds. The molecule has 1 aliphatic rings. The van der Waals surface area contributed by atoms with Crippen LogP contribution in [0.2, 0.25) is 0 Å². The molecule has 1 aromatic heterocycles. The molecule has 208 valence electrons.